The topological polar surface area (TPSA) is 65.1 Å². The van der Waals surface area contributed by atoms with Crippen molar-refractivity contribution in [2.24, 2.45) is 0 Å². The highest BCUT2D eigenvalue weighted by Crippen LogP contribution is 2.52. The summed E-state index contributed by atoms with van der Waals surface area (Å²) in [5, 5.41) is 2.66. The zero-order chi connectivity index (χ0) is 25.9. The van der Waals surface area contributed by atoms with Crippen molar-refractivity contribution in [2.75, 3.05) is 49.6 Å². The summed E-state index contributed by atoms with van der Waals surface area (Å²) in [6.07, 6.45) is 2.19. The first-order chi connectivity index (χ1) is 17.8. The normalized spacial score (nSPS) is 22.8. The molecule has 4 aliphatic heterocycles. The average molecular weight is 533 g/mol. The molecule has 4 heterocycles. The molecule has 0 atom stereocenters. The van der Waals surface area contributed by atoms with E-state index in [-0.39, 0.29) is 11.8 Å². The molecule has 0 radical (unpaired) electrons. The van der Waals surface area contributed by atoms with Crippen LogP contribution in [0.1, 0.15) is 25.0 Å². The molecule has 2 amide bonds. The monoisotopic (exact) mass is 532 g/mol. The molecule has 0 saturated carbocycles. The molecule has 190 valence electrons. The largest absolute Gasteiger partial charge is 0.497 e. The second-order valence-electron chi connectivity index (χ2n) is 10.2. The zero-order valence-electron chi connectivity index (χ0n) is 21.0. The van der Waals surface area contributed by atoms with Crippen LogP contribution >= 0.6 is 24.0 Å². The van der Waals surface area contributed by atoms with Gasteiger partial charge in [-0.25, -0.2) is 0 Å². The predicted octanol–water partition coefficient (Wildman–Crippen LogP) is 3.90. The van der Waals surface area contributed by atoms with E-state index in [1.807, 2.05) is 23.1 Å². The number of rotatable bonds is 4. The molecular formula is C28H28N4O3S2. The fourth-order valence-electron chi connectivity index (χ4n) is 5.72. The molecule has 0 aliphatic carbocycles. The van der Waals surface area contributed by atoms with Crippen LogP contribution in [-0.2, 0) is 9.59 Å². The molecule has 2 aromatic rings. The third-order valence-electron chi connectivity index (χ3n) is 7.41. The molecule has 2 fully saturated rings. The van der Waals surface area contributed by atoms with Crippen molar-refractivity contribution in [2.45, 2.75) is 19.4 Å². The minimum atomic E-state index is -0.558. The number of thiocarbonyl (C=S) groups is 1. The summed E-state index contributed by atoms with van der Waals surface area (Å²) in [7, 11) is 1.63. The van der Waals surface area contributed by atoms with Crippen molar-refractivity contribution < 1.29 is 14.3 Å². The molecule has 1 N–H and O–H groups in total. The molecule has 0 unspecified atom stereocenters. The van der Waals surface area contributed by atoms with Crippen LogP contribution in [0.3, 0.4) is 0 Å². The number of anilines is 2. The van der Waals surface area contributed by atoms with E-state index in [1.54, 1.807) is 7.11 Å². The van der Waals surface area contributed by atoms with Gasteiger partial charge in [0.2, 0.25) is 0 Å². The molecule has 2 aromatic carbocycles. The quantitative estimate of drug-likeness (QED) is 0.473. The lowest BCUT2D eigenvalue weighted by molar-refractivity contribution is -0.116. The number of nitrogens with one attached hydrogen (secondary N) is 1. The number of hydrogen-bond acceptors (Lipinski definition) is 7. The highest BCUT2D eigenvalue weighted by Gasteiger charge is 2.48. The summed E-state index contributed by atoms with van der Waals surface area (Å²) < 4.78 is 6.02. The van der Waals surface area contributed by atoms with Crippen LogP contribution in [0.15, 0.2) is 53.4 Å². The maximum atomic E-state index is 13.8. The fraction of sp³-hybridized carbons (Fsp3) is 0.321. The molecule has 0 bridgehead atoms. The van der Waals surface area contributed by atoms with Crippen LogP contribution in [0.2, 0.25) is 0 Å². The number of piperazine rings is 1. The standard InChI is InChI=1S/C28H28N4O3S2/c1-28(2)15-17(16-30-9-11-31(12-10-30)18-7-5-4-6-8-18)20-13-19(35-3)14-21-22(26(34)32(28)23(20)21)24-25(33)29-27(36)37-24/h4-8,13-15H,9-12,16H2,1-3H3,(H,29,33,36). The molecule has 9 heteroatoms. The van der Waals surface area contributed by atoms with Crippen molar-refractivity contribution in [3.05, 3.63) is 64.6 Å². The summed E-state index contributed by atoms with van der Waals surface area (Å²) in [4.78, 5) is 33.6. The lowest BCUT2D eigenvalue weighted by atomic mass is 9.87. The van der Waals surface area contributed by atoms with Crippen molar-refractivity contribution in [1.29, 1.82) is 0 Å². The van der Waals surface area contributed by atoms with Crippen LogP contribution in [0.25, 0.3) is 11.1 Å². The van der Waals surface area contributed by atoms with E-state index in [4.69, 9.17) is 17.0 Å². The Morgan fingerprint density at radius 1 is 1.05 bits per heavy atom. The maximum absolute atomic E-state index is 13.8. The van der Waals surface area contributed by atoms with E-state index in [9.17, 15) is 9.59 Å². The van der Waals surface area contributed by atoms with E-state index >= 15 is 0 Å². The minimum Gasteiger partial charge on any atom is -0.497 e. The lowest BCUT2D eigenvalue weighted by Crippen LogP contribution is -2.49. The number of ether oxygens (including phenoxy) is 1. The van der Waals surface area contributed by atoms with Crippen LogP contribution in [-0.4, -0.2) is 66.4 Å². The Morgan fingerprint density at radius 3 is 2.41 bits per heavy atom. The molecule has 6 rings (SSSR count). The van der Waals surface area contributed by atoms with Crippen molar-refractivity contribution in [1.82, 2.24) is 10.2 Å². The molecule has 37 heavy (non-hydrogen) atoms. The van der Waals surface area contributed by atoms with Gasteiger partial charge in [-0.2, -0.15) is 0 Å². The Balaban J connectivity index is 1.36. The highest BCUT2D eigenvalue weighted by molar-refractivity contribution is 8.27. The number of carbonyl (C=O) groups is 2. The van der Waals surface area contributed by atoms with Gasteiger partial charge in [-0.15, -0.1) is 0 Å². The summed E-state index contributed by atoms with van der Waals surface area (Å²) >= 11 is 6.36. The van der Waals surface area contributed by atoms with Gasteiger partial charge in [-0.3, -0.25) is 19.4 Å². The Hall–Kier alpha value is -3.14. The molecule has 2 saturated heterocycles. The van der Waals surface area contributed by atoms with E-state index < -0.39 is 5.54 Å². The van der Waals surface area contributed by atoms with Crippen molar-refractivity contribution in [3.8, 4) is 5.75 Å². The number of benzene rings is 2. The van der Waals surface area contributed by atoms with E-state index in [0.29, 0.717) is 20.5 Å². The number of para-hydroxylation sites is 1. The van der Waals surface area contributed by atoms with E-state index in [1.165, 1.54) is 11.3 Å². The Kier molecular flexibility index (Phi) is 5.89. The fourth-order valence-corrected chi connectivity index (χ4v) is 6.84. The Morgan fingerprint density at radius 2 is 1.76 bits per heavy atom. The number of thioether (sulfide) groups is 1. The summed E-state index contributed by atoms with van der Waals surface area (Å²) in [5.41, 5.74) is 4.83. The van der Waals surface area contributed by atoms with Gasteiger partial charge < -0.3 is 15.0 Å². The lowest BCUT2D eigenvalue weighted by Gasteiger charge is -2.41. The van der Waals surface area contributed by atoms with Gasteiger partial charge in [0.1, 0.15) is 10.1 Å². The van der Waals surface area contributed by atoms with Gasteiger partial charge in [0, 0.05) is 49.5 Å². The molecule has 7 nitrogen and oxygen atoms in total. The second-order valence-corrected chi connectivity index (χ2v) is 11.9. The molecule has 0 aromatic heterocycles. The summed E-state index contributed by atoms with van der Waals surface area (Å²) in [6, 6.07) is 14.4. The first-order valence-corrected chi connectivity index (χ1v) is 13.6. The third-order valence-corrected chi connectivity index (χ3v) is 8.64. The van der Waals surface area contributed by atoms with Gasteiger partial charge in [-0.05, 0) is 43.7 Å². The van der Waals surface area contributed by atoms with Gasteiger partial charge in [-0.1, -0.05) is 48.3 Å². The van der Waals surface area contributed by atoms with Crippen molar-refractivity contribution >= 4 is 62.6 Å². The third kappa shape index (κ3) is 4.05. The number of hydrogen-bond donors (Lipinski definition) is 1. The van der Waals surface area contributed by atoms with Crippen LogP contribution in [0.5, 0.6) is 5.75 Å². The zero-order valence-corrected chi connectivity index (χ0v) is 22.7. The smallest absolute Gasteiger partial charge is 0.264 e. The van der Waals surface area contributed by atoms with Gasteiger partial charge in [0.05, 0.1) is 28.8 Å². The molecule has 0 spiro atoms. The summed E-state index contributed by atoms with van der Waals surface area (Å²) in [6.45, 7) is 8.70. The Labute approximate surface area is 226 Å². The summed E-state index contributed by atoms with van der Waals surface area (Å²) in [5.74, 6) is 0.160. The predicted molar refractivity (Wildman–Crippen MR) is 153 cm³/mol. The molecular weight excluding hydrogens is 504 g/mol. The van der Waals surface area contributed by atoms with Gasteiger partial charge in [0.25, 0.3) is 11.8 Å². The number of methoxy groups -OCH3 is 1. The van der Waals surface area contributed by atoms with Crippen LogP contribution < -0.4 is 19.9 Å². The minimum absolute atomic E-state index is 0.177. The first kappa shape index (κ1) is 24.2. The number of amides is 2. The van der Waals surface area contributed by atoms with Gasteiger partial charge >= 0.3 is 0 Å². The van der Waals surface area contributed by atoms with E-state index in [0.717, 1.165) is 61.3 Å². The average Bonchev–Trinajstić information content (AvgIpc) is 3.37. The highest BCUT2D eigenvalue weighted by atomic mass is 32.2. The number of nitrogens with zero attached hydrogens (tertiary/aromatic N) is 3. The number of carbonyl (C=O) groups excluding carboxylic acids is 2. The molecule has 4 aliphatic rings. The SMILES string of the molecule is COc1cc2c3c(c1)C(=C1SC(=S)NC1=O)C(=O)N3C(C)(C)C=C2CN1CCN(c2ccccc2)CC1. The first-order valence-electron chi connectivity index (χ1n) is 12.4. The second kappa shape index (κ2) is 9.01. The maximum Gasteiger partial charge on any atom is 0.264 e. The van der Waals surface area contributed by atoms with Crippen LogP contribution in [0, 0.1) is 0 Å². The van der Waals surface area contributed by atoms with E-state index in [2.05, 4.69) is 59.3 Å². The van der Waals surface area contributed by atoms with Crippen molar-refractivity contribution in [3.63, 3.8) is 0 Å². The van der Waals surface area contributed by atoms with Gasteiger partial charge in [0.15, 0.2) is 0 Å². The van der Waals surface area contributed by atoms with Crippen LogP contribution in [0.4, 0.5) is 11.4 Å². The Bertz CT molecular complexity index is 1390.